The monoisotopic (exact) mass is 233 g/mol. The first kappa shape index (κ1) is 11.4. The Morgan fingerprint density at radius 3 is 2.88 bits per heavy atom. The van der Waals surface area contributed by atoms with Gasteiger partial charge in [-0.25, -0.2) is 4.39 Å². The van der Waals surface area contributed by atoms with Crippen LogP contribution in [0.1, 0.15) is 21.7 Å². The van der Waals surface area contributed by atoms with E-state index in [1.807, 2.05) is 0 Å². The number of benzene rings is 1. The van der Waals surface area contributed by atoms with Gasteiger partial charge in [0, 0.05) is 12.1 Å². The molecule has 0 aliphatic heterocycles. The van der Waals surface area contributed by atoms with Crippen molar-refractivity contribution in [3.8, 4) is 0 Å². The van der Waals surface area contributed by atoms with E-state index >= 15 is 0 Å². The van der Waals surface area contributed by atoms with E-state index in [4.69, 9.17) is 4.42 Å². The number of aryl methyl sites for hydroxylation is 1. The molecule has 0 saturated carbocycles. The topological polar surface area (TPSA) is 42.2 Å². The second-order valence-electron chi connectivity index (χ2n) is 3.75. The highest BCUT2D eigenvalue weighted by Gasteiger charge is 2.11. The highest BCUT2D eigenvalue weighted by Crippen LogP contribution is 2.09. The Morgan fingerprint density at radius 1 is 1.41 bits per heavy atom. The summed E-state index contributed by atoms with van der Waals surface area (Å²) in [5.74, 6) is -0.316. The molecule has 1 aromatic heterocycles. The molecule has 3 nitrogen and oxygen atoms in total. The number of hydrogen-bond acceptors (Lipinski definition) is 2. The van der Waals surface area contributed by atoms with Gasteiger partial charge in [0.2, 0.25) is 0 Å². The highest BCUT2D eigenvalue weighted by atomic mass is 19.1. The Balaban J connectivity index is 1.99. The molecule has 0 aliphatic carbocycles. The SMILES string of the molecule is Cc1ccoc1C(=O)NCc1cccc(F)c1. The van der Waals surface area contributed by atoms with Crippen LogP contribution in [0.25, 0.3) is 0 Å². The minimum Gasteiger partial charge on any atom is -0.459 e. The zero-order valence-corrected chi connectivity index (χ0v) is 9.37. The van der Waals surface area contributed by atoms with Crippen molar-refractivity contribution >= 4 is 5.91 Å². The molecular formula is C13H12FNO2. The van der Waals surface area contributed by atoms with Gasteiger partial charge < -0.3 is 9.73 Å². The lowest BCUT2D eigenvalue weighted by Gasteiger charge is -2.04. The quantitative estimate of drug-likeness (QED) is 0.885. The average molecular weight is 233 g/mol. The summed E-state index contributed by atoms with van der Waals surface area (Å²) >= 11 is 0. The molecule has 0 saturated heterocycles. The highest BCUT2D eigenvalue weighted by molar-refractivity contribution is 5.92. The summed E-state index contributed by atoms with van der Waals surface area (Å²) in [7, 11) is 0. The van der Waals surface area contributed by atoms with Crippen molar-refractivity contribution in [1.29, 1.82) is 0 Å². The maximum Gasteiger partial charge on any atom is 0.287 e. The molecule has 2 rings (SSSR count). The largest absolute Gasteiger partial charge is 0.459 e. The van der Waals surface area contributed by atoms with Crippen molar-refractivity contribution in [2.24, 2.45) is 0 Å². The average Bonchev–Trinajstić information content (AvgIpc) is 2.72. The van der Waals surface area contributed by atoms with E-state index in [-0.39, 0.29) is 18.3 Å². The Bertz CT molecular complexity index is 534. The van der Waals surface area contributed by atoms with Crippen LogP contribution in [0.4, 0.5) is 4.39 Å². The van der Waals surface area contributed by atoms with E-state index in [1.54, 1.807) is 25.1 Å². The van der Waals surface area contributed by atoms with Crippen LogP contribution < -0.4 is 5.32 Å². The van der Waals surface area contributed by atoms with Crippen molar-refractivity contribution in [2.45, 2.75) is 13.5 Å². The van der Waals surface area contributed by atoms with Gasteiger partial charge in [0.15, 0.2) is 5.76 Å². The number of nitrogens with one attached hydrogen (secondary N) is 1. The van der Waals surface area contributed by atoms with Crippen molar-refractivity contribution in [2.75, 3.05) is 0 Å². The predicted molar refractivity (Wildman–Crippen MR) is 61.0 cm³/mol. The second-order valence-corrected chi connectivity index (χ2v) is 3.75. The zero-order valence-electron chi connectivity index (χ0n) is 9.37. The van der Waals surface area contributed by atoms with Crippen LogP contribution in [0.3, 0.4) is 0 Å². The number of amides is 1. The van der Waals surface area contributed by atoms with Crippen LogP contribution in [0.2, 0.25) is 0 Å². The van der Waals surface area contributed by atoms with Gasteiger partial charge in [0.1, 0.15) is 5.82 Å². The Labute approximate surface area is 98.3 Å². The van der Waals surface area contributed by atoms with Gasteiger partial charge in [0.05, 0.1) is 6.26 Å². The van der Waals surface area contributed by atoms with Gasteiger partial charge in [-0.05, 0) is 30.7 Å². The minimum atomic E-state index is -0.314. The first-order valence-electron chi connectivity index (χ1n) is 5.23. The summed E-state index contributed by atoms with van der Waals surface area (Å²) < 4.78 is 17.9. The van der Waals surface area contributed by atoms with Crippen LogP contribution >= 0.6 is 0 Å². The molecule has 2 aromatic rings. The van der Waals surface area contributed by atoms with Crippen molar-refractivity contribution < 1.29 is 13.6 Å². The van der Waals surface area contributed by atoms with Gasteiger partial charge >= 0.3 is 0 Å². The lowest BCUT2D eigenvalue weighted by molar-refractivity contribution is 0.0922. The maximum absolute atomic E-state index is 12.9. The van der Waals surface area contributed by atoms with E-state index in [1.165, 1.54) is 18.4 Å². The summed E-state index contributed by atoms with van der Waals surface area (Å²) in [5.41, 5.74) is 1.49. The van der Waals surface area contributed by atoms with Crippen LogP contribution in [-0.2, 0) is 6.54 Å². The van der Waals surface area contributed by atoms with Crippen LogP contribution in [0.5, 0.6) is 0 Å². The smallest absolute Gasteiger partial charge is 0.287 e. The standard InChI is InChI=1S/C13H12FNO2/c1-9-5-6-17-12(9)13(16)15-8-10-3-2-4-11(14)7-10/h2-7H,8H2,1H3,(H,15,16). The van der Waals surface area contributed by atoms with Gasteiger partial charge in [-0.1, -0.05) is 12.1 Å². The molecule has 0 fully saturated rings. The maximum atomic E-state index is 12.9. The van der Waals surface area contributed by atoms with Gasteiger partial charge in [-0.3, -0.25) is 4.79 Å². The minimum absolute atomic E-state index is 0.275. The molecule has 4 heteroatoms. The molecular weight excluding hydrogens is 221 g/mol. The molecule has 1 amide bonds. The van der Waals surface area contributed by atoms with Crippen molar-refractivity contribution in [1.82, 2.24) is 5.32 Å². The Hall–Kier alpha value is -2.10. The molecule has 17 heavy (non-hydrogen) atoms. The number of carbonyl (C=O) groups is 1. The van der Waals surface area contributed by atoms with E-state index in [0.717, 1.165) is 5.56 Å². The number of carbonyl (C=O) groups excluding carboxylic acids is 1. The molecule has 0 atom stereocenters. The molecule has 0 spiro atoms. The van der Waals surface area contributed by atoms with E-state index in [0.29, 0.717) is 11.3 Å². The molecule has 88 valence electrons. The molecule has 0 aliphatic rings. The summed E-state index contributed by atoms with van der Waals surface area (Å²) in [4.78, 5) is 11.7. The molecule has 1 heterocycles. The third kappa shape index (κ3) is 2.72. The number of halogens is 1. The van der Waals surface area contributed by atoms with Crippen LogP contribution in [0.15, 0.2) is 41.0 Å². The third-order valence-electron chi connectivity index (χ3n) is 2.41. The van der Waals surface area contributed by atoms with Crippen molar-refractivity contribution in [3.05, 3.63) is 59.3 Å². The fourth-order valence-electron chi connectivity index (χ4n) is 1.51. The molecule has 0 bridgehead atoms. The van der Waals surface area contributed by atoms with E-state index in [9.17, 15) is 9.18 Å². The zero-order chi connectivity index (χ0) is 12.3. The normalized spacial score (nSPS) is 10.2. The number of hydrogen-bond donors (Lipinski definition) is 1. The van der Waals surface area contributed by atoms with E-state index < -0.39 is 0 Å². The second kappa shape index (κ2) is 4.82. The molecule has 1 aromatic carbocycles. The van der Waals surface area contributed by atoms with Gasteiger partial charge in [0.25, 0.3) is 5.91 Å². The number of furan rings is 1. The molecule has 1 N–H and O–H groups in total. The fourth-order valence-corrected chi connectivity index (χ4v) is 1.51. The van der Waals surface area contributed by atoms with Gasteiger partial charge in [-0.2, -0.15) is 0 Å². The summed E-state index contributed by atoms with van der Waals surface area (Å²) in [6.45, 7) is 2.07. The lowest BCUT2D eigenvalue weighted by Crippen LogP contribution is -2.22. The first-order valence-corrected chi connectivity index (χ1v) is 5.23. The van der Waals surface area contributed by atoms with Crippen LogP contribution in [0, 0.1) is 12.7 Å². The van der Waals surface area contributed by atoms with Crippen molar-refractivity contribution in [3.63, 3.8) is 0 Å². The summed E-state index contributed by atoms with van der Waals surface area (Å²) in [6, 6.07) is 7.82. The van der Waals surface area contributed by atoms with E-state index in [2.05, 4.69) is 5.32 Å². The summed E-state index contributed by atoms with van der Waals surface area (Å²) in [6.07, 6.45) is 1.46. The first-order chi connectivity index (χ1) is 8.16. The third-order valence-corrected chi connectivity index (χ3v) is 2.41. The lowest BCUT2D eigenvalue weighted by atomic mass is 10.2. The summed E-state index contributed by atoms with van der Waals surface area (Å²) in [5, 5.41) is 2.67. The number of rotatable bonds is 3. The van der Waals surface area contributed by atoms with Crippen LogP contribution in [-0.4, -0.2) is 5.91 Å². The fraction of sp³-hybridized carbons (Fsp3) is 0.154. The molecule has 0 unspecified atom stereocenters. The Kier molecular flexibility index (Phi) is 3.23. The predicted octanol–water partition coefficient (Wildman–Crippen LogP) is 2.66. The Morgan fingerprint density at radius 2 is 2.24 bits per heavy atom. The van der Waals surface area contributed by atoms with Gasteiger partial charge in [-0.15, -0.1) is 0 Å². The molecule has 0 radical (unpaired) electrons.